The molecule has 0 bridgehead atoms. The second-order valence-electron chi connectivity index (χ2n) is 6.38. The first-order chi connectivity index (χ1) is 8.63. The van der Waals surface area contributed by atoms with E-state index in [1.807, 2.05) is 0 Å². The first kappa shape index (κ1) is 16.0. The number of piperidine rings is 1. The molecule has 0 saturated carbocycles. The van der Waals surface area contributed by atoms with Crippen molar-refractivity contribution in [2.24, 2.45) is 5.92 Å². The Hall–Kier alpha value is -0.0800. The summed E-state index contributed by atoms with van der Waals surface area (Å²) in [6, 6.07) is 1.51. The molecular weight excluding hydrogens is 220 g/mol. The Kier molecular flexibility index (Phi) is 7.92. The largest absolute Gasteiger partial charge is 0.314 e. The number of rotatable bonds is 8. The second kappa shape index (κ2) is 8.92. The van der Waals surface area contributed by atoms with Crippen LogP contribution in [0.2, 0.25) is 0 Å². The van der Waals surface area contributed by atoms with Crippen molar-refractivity contribution in [2.45, 2.75) is 78.3 Å². The van der Waals surface area contributed by atoms with Gasteiger partial charge in [0.05, 0.1) is 0 Å². The minimum absolute atomic E-state index is 0.697. The lowest BCUT2D eigenvalue weighted by Gasteiger charge is -2.36. The smallest absolute Gasteiger partial charge is 0.00671 e. The predicted octanol–water partition coefficient (Wildman–Crippen LogP) is 3.67. The maximum absolute atomic E-state index is 3.57. The van der Waals surface area contributed by atoms with Crippen molar-refractivity contribution in [2.75, 3.05) is 19.6 Å². The molecule has 0 aromatic carbocycles. The monoisotopic (exact) mass is 254 g/mol. The summed E-state index contributed by atoms with van der Waals surface area (Å²) in [5.74, 6) is 0.909. The Morgan fingerprint density at radius 3 is 2.72 bits per heavy atom. The summed E-state index contributed by atoms with van der Waals surface area (Å²) in [5.41, 5.74) is 0. The van der Waals surface area contributed by atoms with Gasteiger partial charge in [0.1, 0.15) is 0 Å². The van der Waals surface area contributed by atoms with Gasteiger partial charge in [-0.25, -0.2) is 0 Å². The SMILES string of the molecule is CCCNC(C)CCCCN1CC(C)CCC1C. The highest BCUT2D eigenvalue weighted by atomic mass is 15.2. The van der Waals surface area contributed by atoms with Gasteiger partial charge < -0.3 is 10.2 Å². The van der Waals surface area contributed by atoms with E-state index in [1.54, 1.807) is 0 Å². The summed E-state index contributed by atoms with van der Waals surface area (Å²) < 4.78 is 0. The lowest BCUT2D eigenvalue weighted by Crippen LogP contribution is -2.41. The number of nitrogens with zero attached hydrogens (tertiary/aromatic N) is 1. The third-order valence-corrected chi connectivity index (χ3v) is 4.32. The standard InChI is InChI=1S/C16H34N2/c1-5-11-17-15(3)8-6-7-12-18-13-14(2)9-10-16(18)4/h14-17H,5-13H2,1-4H3. The van der Waals surface area contributed by atoms with Gasteiger partial charge in [-0.3, -0.25) is 0 Å². The zero-order valence-electron chi connectivity index (χ0n) is 13.0. The minimum Gasteiger partial charge on any atom is -0.314 e. The fraction of sp³-hybridized carbons (Fsp3) is 1.00. The molecule has 0 aromatic heterocycles. The van der Waals surface area contributed by atoms with Crippen molar-refractivity contribution in [3.8, 4) is 0 Å². The Bertz CT molecular complexity index is 205. The van der Waals surface area contributed by atoms with Crippen molar-refractivity contribution < 1.29 is 0 Å². The van der Waals surface area contributed by atoms with Gasteiger partial charge in [0.15, 0.2) is 0 Å². The highest BCUT2D eigenvalue weighted by molar-refractivity contribution is 4.76. The molecule has 1 aliphatic rings. The summed E-state index contributed by atoms with van der Waals surface area (Å²) in [6.45, 7) is 13.2. The molecule has 1 rings (SSSR count). The van der Waals surface area contributed by atoms with E-state index in [4.69, 9.17) is 0 Å². The van der Waals surface area contributed by atoms with E-state index in [9.17, 15) is 0 Å². The molecule has 0 spiro atoms. The van der Waals surface area contributed by atoms with Gasteiger partial charge in [-0.15, -0.1) is 0 Å². The lowest BCUT2D eigenvalue weighted by atomic mass is 9.95. The molecule has 1 fully saturated rings. The topological polar surface area (TPSA) is 15.3 Å². The van der Waals surface area contributed by atoms with Crippen molar-refractivity contribution in [1.29, 1.82) is 0 Å². The Morgan fingerprint density at radius 2 is 2.00 bits per heavy atom. The molecule has 0 aliphatic carbocycles. The second-order valence-corrected chi connectivity index (χ2v) is 6.38. The van der Waals surface area contributed by atoms with Crippen LogP contribution in [0.4, 0.5) is 0 Å². The first-order valence-electron chi connectivity index (χ1n) is 8.11. The summed E-state index contributed by atoms with van der Waals surface area (Å²) in [7, 11) is 0. The molecule has 2 nitrogen and oxygen atoms in total. The van der Waals surface area contributed by atoms with E-state index in [-0.39, 0.29) is 0 Å². The zero-order chi connectivity index (χ0) is 13.4. The maximum Gasteiger partial charge on any atom is 0.00671 e. The van der Waals surface area contributed by atoms with E-state index in [0.29, 0.717) is 6.04 Å². The van der Waals surface area contributed by atoms with Gasteiger partial charge in [0, 0.05) is 18.6 Å². The average Bonchev–Trinajstić information content (AvgIpc) is 2.36. The highest BCUT2D eigenvalue weighted by Crippen LogP contribution is 2.21. The van der Waals surface area contributed by atoms with Crippen LogP contribution in [0.15, 0.2) is 0 Å². The molecular formula is C16H34N2. The third-order valence-electron chi connectivity index (χ3n) is 4.32. The number of hydrogen-bond acceptors (Lipinski definition) is 2. The molecule has 3 unspecified atom stereocenters. The third kappa shape index (κ3) is 6.19. The fourth-order valence-corrected chi connectivity index (χ4v) is 2.95. The Labute approximate surface area is 115 Å². The number of likely N-dealkylation sites (tertiary alicyclic amines) is 1. The fourth-order valence-electron chi connectivity index (χ4n) is 2.95. The lowest BCUT2D eigenvalue weighted by molar-refractivity contribution is 0.122. The van der Waals surface area contributed by atoms with Crippen molar-refractivity contribution in [3.05, 3.63) is 0 Å². The summed E-state index contributed by atoms with van der Waals surface area (Å²) >= 11 is 0. The quantitative estimate of drug-likeness (QED) is 0.665. The predicted molar refractivity (Wildman–Crippen MR) is 81.0 cm³/mol. The van der Waals surface area contributed by atoms with E-state index >= 15 is 0 Å². The first-order valence-corrected chi connectivity index (χ1v) is 8.11. The average molecular weight is 254 g/mol. The van der Waals surface area contributed by atoms with Crippen LogP contribution in [-0.4, -0.2) is 36.6 Å². The van der Waals surface area contributed by atoms with Gasteiger partial charge in [-0.1, -0.05) is 20.3 Å². The number of hydrogen-bond donors (Lipinski definition) is 1. The number of nitrogens with one attached hydrogen (secondary N) is 1. The number of unbranched alkanes of at least 4 members (excludes halogenated alkanes) is 1. The van der Waals surface area contributed by atoms with Gasteiger partial charge in [0.2, 0.25) is 0 Å². The van der Waals surface area contributed by atoms with Crippen LogP contribution in [-0.2, 0) is 0 Å². The molecule has 0 aromatic rings. The van der Waals surface area contributed by atoms with Gasteiger partial charge in [-0.05, 0) is 65.0 Å². The van der Waals surface area contributed by atoms with Crippen LogP contribution >= 0.6 is 0 Å². The highest BCUT2D eigenvalue weighted by Gasteiger charge is 2.21. The molecule has 18 heavy (non-hydrogen) atoms. The molecule has 1 N–H and O–H groups in total. The zero-order valence-corrected chi connectivity index (χ0v) is 13.0. The minimum atomic E-state index is 0.697. The maximum atomic E-state index is 3.57. The summed E-state index contributed by atoms with van der Waals surface area (Å²) in [5, 5.41) is 3.57. The molecule has 108 valence electrons. The molecule has 1 aliphatic heterocycles. The van der Waals surface area contributed by atoms with E-state index in [1.165, 1.54) is 58.2 Å². The van der Waals surface area contributed by atoms with Gasteiger partial charge in [0.25, 0.3) is 0 Å². The molecule has 3 atom stereocenters. The van der Waals surface area contributed by atoms with E-state index in [0.717, 1.165) is 12.0 Å². The normalized spacial score (nSPS) is 27.3. The summed E-state index contributed by atoms with van der Waals surface area (Å²) in [6.07, 6.45) is 8.14. The van der Waals surface area contributed by atoms with E-state index in [2.05, 4.69) is 37.9 Å². The van der Waals surface area contributed by atoms with E-state index < -0.39 is 0 Å². The van der Waals surface area contributed by atoms with Crippen LogP contribution < -0.4 is 5.32 Å². The van der Waals surface area contributed by atoms with Crippen molar-refractivity contribution in [3.63, 3.8) is 0 Å². The Balaban J connectivity index is 2.06. The summed E-state index contributed by atoms with van der Waals surface area (Å²) in [4.78, 5) is 2.71. The van der Waals surface area contributed by atoms with Crippen LogP contribution in [0.1, 0.15) is 66.2 Å². The van der Waals surface area contributed by atoms with Crippen LogP contribution in [0.3, 0.4) is 0 Å². The van der Waals surface area contributed by atoms with Gasteiger partial charge in [-0.2, -0.15) is 0 Å². The molecule has 1 heterocycles. The molecule has 2 heteroatoms. The van der Waals surface area contributed by atoms with Gasteiger partial charge >= 0.3 is 0 Å². The van der Waals surface area contributed by atoms with Crippen LogP contribution in [0, 0.1) is 5.92 Å². The van der Waals surface area contributed by atoms with Crippen molar-refractivity contribution in [1.82, 2.24) is 10.2 Å². The molecule has 0 amide bonds. The van der Waals surface area contributed by atoms with Crippen molar-refractivity contribution >= 4 is 0 Å². The van der Waals surface area contributed by atoms with Crippen LogP contribution in [0.25, 0.3) is 0 Å². The molecule has 1 saturated heterocycles. The Morgan fingerprint density at radius 1 is 1.22 bits per heavy atom. The van der Waals surface area contributed by atoms with Crippen LogP contribution in [0.5, 0.6) is 0 Å². The molecule has 0 radical (unpaired) electrons.